The molecule has 0 amide bonds. The van der Waals surface area contributed by atoms with Crippen LogP contribution < -0.4 is 10.5 Å². The SMILES string of the molecule is N#Cc1ccc(S(=O)(=O)Nc2ccc(N)nc2)c(Cl)c1. The summed E-state index contributed by atoms with van der Waals surface area (Å²) in [6.07, 6.45) is 1.30. The highest BCUT2D eigenvalue weighted by Gasteiger charge is 2.18. The number of anilines is 2. The number of halogens is 1. The number of nitrogens with zero attached hydrogens (tertiary/aromatic N) is 2. The van der Waals surface area contributed by atoms with Gasteiger partial charge in [-0.15, -0.1) is 0 Å². The van der Waals surface area contributed by atoms with Crippen LogP contribution in [0.25, 0.3) is 0 Å². The summed E-state index contributed by atoms with van der Waals surface area (Å²) in [4.78, 5) is 3.67. The van der Waals surface area contributed by atoms with Crippen LogP contribution in [-0.2, 0) is 10.0 Å². The number of rotatable bonds is 3. The van der Waals surface area contributed by atoms with Crippen molar-refractivity contribution in [2.45, 2.75) is 4.90 Å². The number of nitrogen functional groups attached to an aromatic ring is 1. The number of nitrogens with one attached hydrogen (secondary N) is 1. The summed E-state index contributed by atoms with van der Waals surface area (Å²) in [5.41, 5.74) is 5.96. The normalized spacial score (nSPS) is 10.8. The van der Waals surface area contributed by atoms with E-state index in [4.69, 9.17) is 22.6 Å². The summed E-state index contributed by atoms with van der Waals surface area (Å²) in [7, 11) is -3.85. The highest BCUT2D eigenvalue weighted by Crippen LogP contribution is 2.24. The van der Waals surface area contributed by atoms with E-state index in [1.807, 2.05) is 6.07 Å². The van der Waals surface area contributed by atoms with Crippen molar-refractivity contribution in [2.24, 2.45) is 0 Å². The number of hydrogen-bond acceptors (Lipinski definition) is 5. The fourth-order valence-corrected chi connectivity index (χ4v) is 3.05. The summed E-state index contributed by atoms with van der Waals surface area (Å²) >= 11 is 5.88. The van der Waals surface area contributed by atoms with Crippen LogP contribution in [0.2, 0.25) is 5.02 Å². The van der Waals surface area contributed by atoms with Crippen LogP contribution in [0, 0.1) is 11.3 Å². The fourth-order valence-electron chi connectivity index (χ4n) is 1.46. The van der Waals surface area contributed by atoms with Gasteiger partial charge in [-0.2, -0.15) is 5.26 Å². The van der Waals surface area contributed by atoms with Gasteiger partial charge in [0.1, 0.15) is 10.7 Å². The van der Waals surface area contributed by atoms with E-state index in [0.29, 0.717) is 0 Å². The Labute approximate surface area is 120 Å². The molecule has 6 nitrogen and oxygen atoms in total. The zero-order valence-corrected chi connectivity index (χ0v) is 11.6. The minimum atomic E-state index is -3.85. The van der Waals surface area contributed by atoms with E-state index < -0.39 is 10.0 Å². The van der Waals surface area contributed by atoms with Crippen molar-refractivity contribution in [3.8, 4) is 6.07 Å². The van der Waals surface area contributed by atoms with Crippen LogP contribution in [0.15, 0.2) is 41.4 Å². The fraction of sp³-hybridized carbons (Fsp3) is 0. The molecule has 1 aromatic heterocycles. The first kappa shape index (κ1) is 14.1. The first-order valence-corrected chi connectivity index (χ1v) is 7.22. The van der Waals surface area contributed by atoms with E-state index in [0.717, 1.165) is 0 Å². The monoisotopic (exact) mass is 308 g/mol. The third-order valence-corrected chi connectivity index (χ3v) is 4.25. The Kier molecular flexibility index (Phi) is 3.79. The summed E-state index contributed by atoms with van der Waals surface area (Å²) in [6.45, 7) is 0. The Balaban J connectivity index is 2.36. The maximum atomic E-state index is 12.2. The van der Waals surface area contributed by atoms with Crippen LogP contribution in [0.1, 0.15) is 5.56 Å². The lowest BCUT2D eigenvalue weighted by Gasteiger charge is -2.09. The molecule has 0 spiro atoms. The van der Waals surface area contributed by atoms with E-state index >= 15 is 0 Å². The van der Waals surface area contributed by atoms with Crippen LogP contribution in [0.5, 0.6) is 0 Å². The summed E-state index contributed by atoms with van der Waals surface area (Å²) in [5.74, 6) is 0.282. The Morgan fingerprint density at radius 3 is 2.60 bits per heavy atom. The molecule has 2 rings (SSSR count). The molecule has 0 aliphatic carbocycles. The minimum absolute atomic E-state index is 0.0278. The lowest BCUT2D eigenvalue weighted by molar-refractivity contribution is 0.601. The quantitative estimate of drug-likeness (QED) is 0.901. The van der Waals surface area contributed by atoms with Gasteiger partial charge in [0.05, 0.1) is 28.5 Å². The molecular formula is C12H9ClN4O2S. The van der Waals surface area contributed by atoms with Gasteiger partial charge in [-0.25, -0.2) is 13.4 Å². The molecule has 0 aliphatic rings. The first-order valence-electron chi connectivity index (χ1n) is 5.36. The highest BCUT2D eigenvalue weighted by molar-refractivity contribution is 7.92. The van der Waals surface area contributed by atoms with Gasteiger partial charge >= 0.3 is 0 Å². The molecule has 8 heteroatoms. The third kappa shape index (κ3) is 2.99. The summed E-state index contributed by atoms with van der Waals surface area (Å²) in [6, 6.07) is 8.77. The number of nitrogens with two attached hydrogens (primary N) is 1. The maximum Gasteiger partial charge on any atom is 0.263 e. The van der Waals surface area contributed by atoms with Crippen LogP contribution in [0.4, 0.5) is 11.5 Å². The molecule has 0 saturated heterocycles. The zero-order valence-electron chi connectivity index (χ0n) is 10.0. The van der Waals surface area contributed by atoms with Gasteiger partial charge in [-0.05, 0) is 30.3 Å². The van der Waals surface area contributed by atoms with E-state index in [-0.39, 0.29) is 27.0 Å². The second-order valence-corrected chi connectivity index (χ2v) is 5.89. The first-order chi connectivity index (χ1) is 9.42. The van der Waals surface area contributed by atoms with E-state index in [1.54, 1.807) is 0 Å². The number of aromatic nitrogens is 1. The molecule has 102 valence electrons. The van der Waals surface area contributed by atoms with Crippen molar-refractivity contribution < 1.29 is 8.42 Å². The highest BCUT2D eigenvalue weighted by atomic mass is 35.5. The van der Waals surface area contributed by atoms with E-state index in [1.165, 1.54) is 36.5 Å². The largest absolute Gasteiger partial charge is 0.384 e. The lowest BCUT2D eigenvalue weighted by Crippen LogP contribution is -2.13. The van der Waals surface area contributed by atoms with Crippen molar-refractivity contribution in [1.29, 1.82) is 5.26 Å². The lowest BCUT2D eigenvalue weighted by atomic mass is 10.2. The maximum absolute atomic E-state index is 12.2. The second-order valence-electron chi connectivity index (χ2n) is 3.83. The third-order valence-electron chi connectivity index (χ3n) is 2.39. The Morgan fingerprint density at radius 1 is 1.30 bits per heavy atom. The molecule has 2 aromatic rings. The Bertz CT molecular complexity index is 782. The summed E-state index contributed by atoms with van der Waals surface area (Å²) < 4.78 is 26.7. The zero-order chi connectivity index (χ0) is 14.8. The summed E-state index contributed by atoms with van der Waals surface area (Å²) in [5, 5.41) is 8.70. The van der Waals surface area contributed by atoms with Gasteiger partial charge < -0.3 is 5.73 Å². The molecule has 0 aliphatic heterocycles. The molecular weight excluding hydrogens is 300 g/mol. The number of sulfonamides is 1. The van der Waals surface area contributed by atoms with Crippen molar-refractivity contribution in [2.75, 3.05) is 10.5 Å². The average molecular weight is 309 g/mol. The van der Waals surface area contributed by atoms with Crippen LogP contribution in [-0.4, -0.2) is 13.4 Å². The van der Waals surface area contributed by atoms with Gasteiger partial charge in [0.2, 0.25) is 0 Å². The Morgan fingerprint density at radius 2 is 2.05 bits per heavy atom. The van der Waals surface area contributed by atoms with Crippen molar-refractivity contribution in [3.63, 3.8) is 0 Å². The van der Waals surface area contributed by atoms with Gasteiger partial charge in [0.15, 0.2) is 0 Å². The molecule has 20 heavy (non-hydrogen) atoms. The van der Waals surface area contributed by atoms with Crippen molar-refractivity contribution in [1.82, 2.24) is 4.98 Å². The molecule has 0 unspecified atom stereocenters. The molecule has 0 atom stereocenters. The number of nitriles is 1. The Hall–Kier alpha value is -2.30. The predicted molar refractivity (Wildman–Crippen MR) is 75.6 cm³/mol. The standard InChI is InChI=1S/C12H9ClN4O2S/c13-10-5-8(6-14)1-3-11(10)20(18,19)17-9-2-4-12(15)16-7-9/h1-5,7,17H,(H2,15,16). The average Bonchev–Trinajstić information content (AvgIpc) is 2.40. The topological polar surface area (TPSA) is 109 Å². The van der Waals surface area contributed by atoms with Crippen LogP contribution in [0.3, 0.4) is 0 Å². The van der Waals surface area contributed by atoms with Crippen LogP contribution >= 0.6 is 11.6 Å². The number of pyridine rings is 1. The molecule has 0 fully saturated rings. The molecule has 1 heterocycles. The van der Waals surface area contributed by atoms with E-state index in [2.05, 4.69) is 9.71 Å². The van der Waals surface area contributed by atoms with Gasteiger partial charge in [0, 0.05) is 0 Å². The molecule has 0 saturated carbocycles. The molecule has 0 radical (unpaired) electrons. The number of hydrogen-bond donors (Lipinski definition) is 2. The van der Waals surface area contributed by atoms with Gasteiger partial charge in [-0.1, -0.05) is 11.6 Å². The van der Waals surface area contributed by atoms with Gasteiger partial charge in [0.25, 0.3) is 10.0 Å². The number of benzene rings is 1. The van der Waals surface area contributed by atoms with Crippen molar-refractivity contribution >= 4 is 33.1 Å². The smallest absolute Gasteiger partial charge is 0.263 e. The predicted octanol–water partition coefficient (Wildman–Crippen LogP) is 1.99. The molecule has 0 bridgehead atoms. The van der Waals surface area contributed by atoms with E-state index in [9.17, 15) is 8.42 Å². The van der Waals surface area contributed by atoms with Gasteiger partial charge in [-0.3, -0.25) is 4.72 Å². The second kappa shape index (κ2) is 5.36. The molecule has 1 aromatic carbocycles. The molecule has 3 N–H and O–H groups in total. The minimum Gasteiger partial charge on any atom is -0.384 e. The van der Waals surface area contributed by atoms with Crippen molar-refractivity contribution in [3.05, 3.63) is 47.1 Å².